The maximum atomic E-state index is 14.4. The highest BCUT2D eigenvalue weighted by Gasteiger charge is 2.46. The van der Waals surface area contributed by atoms with Crippen LogP contribution in [0, 0.1) is 23.3 Å². The lowest BCUT2D eigenvalue weighted by Gasteiger charge is -2.47. The van der Waals surface area contributed by atoms with Gasteiger partial charge in [0.05, 0.1) is 18.7 Å². The van der Waals surface area contributed by atoms with Gasteiger partial charge in [-0.1, -0.05) is 36.4 Å². The molecule has 6 rings (SSSR count). The summed E-state index contributed by atoms with van der Waals surface area (Å²) in [6, 6.07) is 14.5. The van der Waals surface area contributed by atoms with Crippen molar-refractivity contribution in [3.05, 3.63) is 106 Å². The maximum absolute atomic E-state index is 14.4. The van der Waals surface area contributed by atoms with Gasteiger partial charge in [0.1, 0.15) is 5.82 Å². The lowest BCUT2D eigenvalue weighted by atomic mass is 9.81. The van der Waals surface area contributed by atoms with E-state index < -0.39 is 35.3 Å². The number of piperazine rings is 1. The molecule has 3 aliphatic rings. The van der Waals surface area contributed by atoms with Crippen LogP contribution in [-0.4, -0.2) is 71.3 Å². The summed E-state index contributed by atoms with van der Waals surface area (Å²) in [5.74, 6) is -4.72. The second-order valence-electron chi connectivity index (χ2n) is 12.0. The molecule has 46 heavy (non-hydrogen) atoms. The maximum Gasteiger partial charge on any atom is 0.408 e. The number of hydrogen-bond donors (Lipinski definition) is 2. The van der Waals surface area contributed by atoms with E-state index in [0.29, 0.717) is 57.0 Å². The summed E-state index contributed by atoms with van der Waals surface area (Å²) in [6.07, 6.45) is 2.59. The minimum atomic E-state index is -1.35. The number of halogens is 4. The molecule has 1 aliphatic carbocycles. The third-order valence-corrected chi connectivity index (χ3v) is 8.96. The zero-order chi connectivity index (χ0) is 32.4. The van der Waals surface area contributed by atoms with Crippen LogP contribution < -0.4 is 10.1 Å². The van der Waals surface area contributed by atoms with Crippen molar-refractivity contribution in [2.45, 2.75) is 56.7 Å². The number of hydrogen-bond acceptors (Lipinski definition) is 4. The molecule has 0 aromatic heterocycles. The highest BCUT2D eigenvalue weighted by atomic mass is 19.2. The molecule has 1 saturated carbocycles. The number of aryl methyl sites for hydroxylation is 1. The first-order valence-electron chi connectivity index (χ1n) is 15.6. The first-order valence-corrected chi connectivity index (χ1v) is 15.6. The van der Waals surface area contributed by atoms with Gasteiger partial charge in [-0.2, -0.15) is 4.39 Å². The summed E-state index contributed by atoms with van der Waals surface area (Å²) in [5, 5.41) is 13.5. The van der Waals surface area contributed by atoms with E-state index in [-0.39, 0.29) is 30.4 Å². The molecule has 2 fully saturated rings. The fourth-order valence-electron chi connectivity index (χ4n) is 6.49. The monoisotopic (exact) mass is 637 g/mol. The Morgan fingerprint density at radius 2 is 1.57 bits per heavy atom. The van der Waals surface area contributed by atoms with Crippen LogP contribution in [0.1, 0.15) is 42.4 Å². The van der Waals surface area contributed by atoms with E-state index in [1.807, 2.05) is 29.2 Å². The van der Waals surface area contributed by atoms with Gasteiger partial charge in [0, 0.05) is 31.2 Å². The number of amides is 2. The average Bonchev–Trinajstić information content (AvgIpc) is 3.88. The first kappa shape index (κ1) is 31.6. The van der Waals surface area contributed by atoms with Crippen LogP contribution in [0.3, 0.4) is 0 Å². The molecule has 0 spiro atoms. The van der Waals surface area contributed by atoms with Crippen LogP contribution in [0.5, 0.6) is 5.75 Å². The lowest BCUT2D eigenvalue weighted by molar-refractivity contribution is -0.128. The molecule has 3 aromatic carbocycles. The van der Waals surface area contributed by atoms with Crippen molar-refractivity contribution in [1.29, 1.82) is 0 Å². The SMILES string of the molecule is O=C(C1=C(c2ccc(CCCOc3c(F)ccc(F)c3F)cc2)CC2CNCC1N2C(=O)O)N(CCc1ccc(F)cc1)C1CC1. The van der Waals surface area contributed by atoms with Gasteiger partial charge in [-0.25, -0.2) is 18.0 Å². The zero-order valence-corrected chi connectivity index (χ0v) is 25.2. The fourth-order valence-corrected chi connectivity index (χ4v) is 6.49. The molecule has 2 bridgehead atoms. The summed E-state index contributed by atoms with van der Waals surface area (Å²) in [4.78, 5) is 30.1. The average molecular weight is 638 g/mol. The van der Waals surface area contributed by atoms with Crippen molar-refractivity contribution in [3.8, 4) is 5.75 Å². The molecule has 2 atom stereocenters. The second-order valence-corrected chi connectivity index (χ2v) is 12.0. The molecule has 0 radical (unpaired) electrons. The number of carbonyl (C=O) groups excluding carboxylic acids is 1. The van der Waals surface area contributed by atoms with Gasteiger partial charge in [-0.05, 0) is 85.1 Å². The van der Waals surface area contributed by atoms with Gasteiger partial charge in [0.15, 0.2) is 17.4 Å². The van der Waals surface area contributed by atoms with E-state index in [4.69, 9.17) is 4.74 Å². The highest BCUT2D eigenvalue weighted by molar-refractivity contribution is 6.04. The molecule has 11 heteroatoms. The molecule has 2 amide bonds. The third-order valence-electron chi connectivity index (χ3n) is 8.96. The van der Waals surface area contributed by atoms with E-state index in [9.17, 15) is 32.3 Å². The Morgan fingerprint density at radius 1 is 0.891 bits per heavy atom. The number of fused-ring (bicyclic) bond motifs is 2. The summed E-state index contributed by atoms with van der Waals surface area (Å²) >= 11 is 0. The standard InChI is InChI=1S/C35H35F4N3O4/c36-24-9-5-22(6-10-24)15-16-41(25-11-12-25)34(43)31-27(18-26-19-40-20-30(31)42(26)35(44)45)23-7-3-21(4-8-23)2-1-17-46-33-29(38)14-13-28(37)32(33)39/h3-10,13-14,25-26,30,40H,1-2,11-12,15-20H2,(H,44,45). The van der Waals surface area contributed by atoms with Gasteiger partial charge in [-0.15, -0.1) is 0 Å². The summed E-state index contributed by atoms with van der Waals surface area (Å²) in [5.41, 5.74) is 4.00. The van der Waals surface area contributed by atoms with Crippen molar-refractivity contribution < 1.29 is 37.0 Å². The molecule has 2 aliphatic heterocycles. The molecular formula is C35H35F4N3O4. The quantitative estimate of drug-likeness (QED) is 0.154. The topological polar surface area (TPSA) is 82.1 Å². The van der Waals surface area contributed by atoms with Crippen LogP contribution in [0.4, 0.5) is 22.4 Å². The molecule has 7 nitrogen and oxygen atoms in total. The van der Waals surface area contributed by atoms with E-state index in [1.54, 1.807) is 12.1 Å². The number of nitrogens with zero attached hydrogens (tertiary/aromatic N) is 2. The van der Waals surface area contributed by atoms with Crippen LogP contribution in [0.15, 0.2) is 66.2 Å². The Kier molecular flexibility index (Phi) is 9.30. The summed E-state index contributed by atoms with van der Waals surface area (Å²) in [6.45, 7) is 1.23. The van der Waals surface area contributed by atoms with E-state index in [0.717, 1.165) is 41.2 Å². The fraction of sp³-hybridized carbons (Fsp3) is 0.371. The Bertz CT molecular complexity index is 1630. The minimum absolute atomic E-state index is 0.0147. The van der Waals surface area contributed by atoms with Crippen molar-refractivity contribution in [3.63, 3.8) is 0 Å². The van der Waals surface area contributed by atoms with Gasteiger partial charge < -0.3 is 20.1 Å². The Morgan fingerprint density at radius 3 is 2.26 bits per heavy atom. The number of benzene rings is 3. The molecule has 2 heterocycles. The smallest absolute Gasteiger partial charge is 0.408 e. The van der Waals surface area contributed by atoms with Crippen molar-refractivity contribution in [2.24, 2.45) is 0 Å². The molecule has 242 valence electrons. The first-order chi connectivity index (χ1) is 22.2. The highest BCUT2D eigenvalue weighted by Crippen LogP contribution is 2.39. The predicted octanol–water partition coefficient (Wildman–Crippen LogP) is 5.97. The number of carboxylic acid groups (broad SMARTS) is 1. The minimum Gasteiger partial charge on any atom is -0.488 e. The van der Waals surface area contributed by atoms with Crippen LogP contribution in [0.25, 0.3) is 5.57 Å². The van der Waals surface area contributed by atoms with Gasteiger partial charge in [0.25, 0.3) is 5.91 Å². The predicted molar refractivity (Wildman–Crippen MR) is 163 cm³/mol. The molecule has 1 saturated heterocycles. The van der Waals surface area contributed by atoms with Crippen LogP contribution >= 0.6 is 0 Å². The lowest BCUT2D eigenvalue weighted by Crippen LogP contribution is -2.63. The zero-order valence-electron chi connectivity index (χ0n) is 25.2. The summed E-state index contributed by atoms with van der Waals surface area (Å²) in [7, 11) is 0. The van der Waals surface area contributed by atoms with Crippen molar-refractivity contribution in [2.75, 3.05) is 26.2 Å². The number of carbonyl (C=O) groups is 2. The Hall–Kier alpha value is -4.38. The molecule has 2 unspecified atom stereocenters. The number of nitrogens with one attached hydrogen (secondary N) is 1. The van der Waals surface area contributed by atoms with E-state index in [2.05, 4.69) is 5.32 Å². The normalized spacial score (nSPS) is 19.3. The van der Waals surface area contributed by atoms with Crippen LogP contribution in [-0.2, 0) is 17.6 Å². The van der Waals surface area contributed by atoms with E-state index >= 15 is 0 Å². The van der Waals surface area contributed by atoms with Gasteiger partial charge >= 0.3 is 6.09 Å². The van der Waals surface area contributed by atoms with Crippen molar-refractivity contribution in [1.82, 2.24) is 15.1 Å². The number of ether oxygens (including phenoxy) is 1. The molecular weight excluding hydrogens is 602 g/mol. The Balaban J connectivity index is 1.22. The second kappa shape index (κ2) is 13.5. The summed E-state index contributed by atoms with van der Waals surface area (Å²) < 4.78 is 59.8. The number of rotatable bonds is 11. The molecule has 3 aromatic rings. The Labute approximate surface area is 264 Å². The van der Waals surface area contributed by atoms with Crippen LogP contribution in [0.2, 0.25) is 0 Å². The van der Waals surface area contributed by atoms with E-state index in [1.165, 1.54) is 17.0 Å². The van der Waals surface area contributed by atoms with Crippen molar-refractivity contribution >= 4 is 17.6 Å². The van der Waals surface area contributed by atoms with Gasteiger partial charge in [-0.3, -0.25) is 9.69 Å². The largest absolute Gasteiger partial charge is 0.488 e. The third kappa shape index (κ3) is 6.74. The van der Waals surface area contributed by atoms with Gasteiger partial charge in [0.2, 0.25) is 5.82 Å². The molecule has 2 N–H and O–H groups in total.